The average Bonchev–Trinajstić information content (AvgIpc) is 2.35. The molecule has 1 rings (SSSR count). The maximum absolute atomic E-state index is 13.3. The Morgan fingerprint density at radius 1 is 1.28 bits per heavy atom. The van der Waals surface area contributed by atoms with Crippen molar-refractivity contribution in [2.45, 2.75) is 6.42 Å². The summed E-state index contributed by atoms with van der Waals surface area (Å²) in [5.74, 6) is -3.03. The summed E-state index contributed by atoms with van der Waals surface area (Å²) in [5, 5.41) is 5.52. The molecule has 0 saturated heterocycles. The monoisotopic (exact) mass is 294 g/mol. The highest BCUT2D eigenvalue weighted by Gasteiger charge is 2.13. The fraction of sp³-hybridized carbons (Fsp3) is 0.364. The number of rotatable bonds is 5. The molecule has 2 N–H and O–H groups in total. The van der Waals surface area contributed by atoms with Crippen LogP contribution in [0.5, 0.6) is 0 Å². The number of hydrogen-bond donors (Lipinski definition) is 2. The molecule has 18 heavy (non-hydrogen) atoms. The van der Waals surface area contributed by atoms with Crippen molar-refractivity contribution >= 4 is 34.8 Å². The Kier molecular flexibility index (Phi) is 6.28. The molecule has 1 aromatic rings. The van der Waals surface area contributed by atoms with Gasteiger partial charge in [0.2, 0.25) is 0 Å². The molecule has 0 aliphatic rings. The molecule has 0 spiro atoms. The quantitative estimate of drug-likeness (QED) is 0.495. The predicted octanol–water partition coefficient (Wildman–Crippen LogP) is 3.14. The van der Waals surface area contributed by atoms with E-state index in [0.29, 0.717) is 6.54 Å². The minimum atomic E-state index is -1.51. The van der Waals surface area contributed by atoms with E-state index in [1.807, 2.05) is 6.26 Å². The Hall–Kier alpha value is -0.950. The zero-order chi connectivity index (χ0) is 13.5. The summed E-state index contributed by atoms with van der Waals surface area (Å²) < 4.78 is 38.9. The summed E-state index contributed by atoms with van der Waals surface area (Å²) >= 11 is 6.62. The van der Waals surface area contributed by atoms with Crippen molar-refractivity contribution in [2.75, 3.05) is 23.9 Å². The van der Waals surface area contributed by atoms with Crippen molar-refractivity contribution in [3.05, 3.63) is 29.6 Å². The molecule has 1 aromatic carbocycles. The van der Waals surface area contributed by atoms with Crippen molar-refractivity contribution in [3.63, 3.8) is 0 Å². The zero-order valence-corrected chi connectivity index (χ0v) is 11.4. The normalized spacial score (nSPS) is 10.2. The van der Waals surface area contributed by atoms with E-state index in [2.05, 4.69) is 10.6 Å². The lowest BCUT2D eigenvalue weighted by Crippen LogP contribution is -2.30. The van der Waals surface area contributed by atoms with Crippen molar-refractivity contribution in [1.29, 1.82) is 0 Å². The fourth-order valence-corrected chi connectivity index (χ4v) is 1.85. The number of anilines is 1. The largest absolute Gasteiger partial charge is 0.362 e. The van der Waals surface area contributed by atoms with E-state index in [4.69, 9.17) is 12.2 Å². The highest BCUT2D eigenvalue weighted by molar-refractivity contribution is 7.98. The van der Waals surface area contributed by atoms with Crippen LogP contribution in [0.3, 0.4) is 0 Å². The first-order valence-electron chi connectivity index (χ1n) is 5.23. The lowest BCUT2D eigenvalue weighted by Gasteiger charge is -2.11. The van der Waals surface area contributed by atoms with Gasteiger partial charge in [-0.3, -0.25) is 0 Å². The zero-order valence-electron chi connectivity index (χ0n) is 9.73. The van der Waals surface area contributed by atoms with E-state index in [1.54, 1.807) is 11.8 Å². The first-order chi connectivity index (χ1) is 8.56. The second-order valence-corrected chi connectivity index (χ2v) is 4.84. The Morgan fingerprint density at radius 2 is 2.00 bits per heavy atom. The van der Waals surface area contributed by atoms with Gasteiger partial charge in [-0.2, -0.15) is 11.8 Å². The third-order valence-corrected chi connectivity index (χ3v) is 3.04. The first kappa shape index (κ1) is 15.1. The number of hydrogen-bond acceptors (Lipinski definition) is 2. The van der Waals surface area contributed by atoms with Crippen molar-refractivity contribution in [1.82, 2.24) is 5.32 Å². The Morgan fingerprint density at radius 3 is 2.67 bits per heavy atom. The molecule has 2 nitrogen and oxygen atoms in total. The average molecular weight is 294 g/mol. The number of nitrogens with one attached hydrogen (secondary N) is 2. The molecule has 0 aliphatic heterocycles. The van der Waals surface area contributed by atoms with E-state index < -0.39 is 17.5 Å². The van der Waals surface area contributed by atoms with Crippen LogP contribution in [0.15, 0.2) is 12.1 Å². The second kappa shape index (κ2) is 7.48. The van der Waals surface area contributed by atoms with Crippen LogP contribution in [-0.4, -0.2) is 23.7 Å². The molecular formula is C11H13F3N2S2. The van der Waals surface area contributed by atoms with Gasteiger partial charge in [0.05, 0.1) is 5.69 Å². The lowest BCUT2D eigenvalue weighted by atomic mass is 10.3. The van der Waals surface area contributed by atoms with Gasteiger partial charge in [0.25, 0.3) is 0 Å². The van der Waals surface area contributed by atoms with E-state index in [0.717, 1.165) is 24.3 Å². The number of benzene rings is 1. The van der Waals surface area contributed by atoms with Gasteiger partial charge in [0.1, 0.15) is 0 Å². The van der Waals surface area contributed by atoms with Crippen molar-refractivity contribution in [2.24, 2.45) is 0 Å². The summed E-state index contributed by atoms with van der Waals surface area (Å²) in [6.45, 7) is 0.637. The molecule has 0 fully saturated rings. The summed E-state index contributed by atoms with van der Waals surface area (Å²) in [6, 6.07) is 1.95. The van der Waals surface area contributed by atoms with Crippen molar-refractivity contribution < 1.29 is 13.2 Å². The summed E-state index contributed by atoms with van der Waals surface area (Å²) in [4.78, 5) is 0. The van der Waals surface area contributed by atoms with Crippen molar-refractivity contribution in [3.8, 4) is 0 Å². The Bertz CT molecular complexity index is 427. The first-order valence-corrected chi connectivity index (χ1v) is 7.03. The number of thiocarbonyl (C=S) groups is 1. The summed E-state index contributed by atoms with van der Waals surface area (Å²) in [7, 11) is 0. The van der Waals surface area contributed by atoms with Gasteiger partial charge in [-0.1, -0.05) is 0 Å². The number of thioether (sulfide) groups is 1. The van der Waals surface area contributed by atoms with Gasteiger partial charge in [-0.05, 0) is 42.8 Å². The van der Waals surface area contributed by atoms with Gasteiger partial charge in [0, 0.05) is 6.54 Å². The van der Waals surface area contributed by atoms with E-state index in [9.17, 15) is 13.2 Å². The molecule has 0 heterocycles. The molecule has 100 valence electrons. The van der Waals surface area contributed by atoms with Gasteiger partial charge in [-0.25, -0.2) is 13.2 Å². The Labute approximate surface area is 113 Å². The third kappa shape index (κ3) is 4.38. The molecule has 7 heteroatoms. The molecule has 0 atom stereocenters. The Balaban J connectivity index is 2.52. The predicted molar refractivity (Wildman–Crippen MR) is 73.5 cm³/mol. The van der Waals surface area contributed by atoms with Gasteiger partial charge in [-0.15, -0.1) is 0 Å². The maximum Gasteiger partial charge on any atom is 0.196 e. The van der Waals surface area contributed by atoms with Crippen LogP contribution >= 0.6 is 24.0 Å². The summed E-state index contributed by atoms with van der Waals surface area (Å²) in [6.07, 6.45) is 2.90. The third-order valence-electron chi connectivity index (χ3n) is 2.09. The van der Waals surface area contributed by atoms with Gasteiger partial charge in [0.15, 0.2) is 22.6 Å². The lowest BCUT2D eigenvalue weighted by molar-refractivity contribution is 0.449. The molecular weight excluding hydrogens is 281 g/mol. The van der Waals surface area contributed by atoms with Crippen LogP contribution in [0.4, 0.5) is 18.9 Å². The van der Waals surface area contributed by atoms with Gasteiger partial charge >= 0.3 is 0 Å². The molecule has 0 aliphatic carbocycles. The highest BCUT2D eigenvalue weighted by atomic mass is 32.2. The maximum atomic E-state index is 13.3. The molecule has 0 unspecified atom stereocenters. The SMILES string of the molecule is CSCCCNC(=S)Nc1ccc(F)c(F)c1F. The summed E-state index contributed by atoms with van der Waals surface area (Å²) in [5.41, 5.74) is -0.184. The molecule has 0 radical (unpaired) electrons. The molecule has 0 saturated carbocycles. The van der Waals surface area contributed by atoms with E-state index in [1.165, 1.54) is 0 Å². The smallest absolute Gasteiger partial charge is 0.196 e. The number of halogens is 3. The van der Waals surface area contributed by atoms with Crippen LogP contribution in [0, 0.1) is 17.5 Å². The van der Waals surface area contributed by atoms with E-state index in [-0.39, 0.29) is 10.8 Å². The minimum Gasteiger partial charge on any atom is -0.362 e. The fourth-order valence-electron chi connectivity index (χ4n) is 1.21. The van der Waals surface area contributed by atoms with Crippen LogP contribution in [0.2, 0.25) is 0 Å². The minimum absolute atomic E-state index is 0.181. The van der Waals surface area contributed by atoms with E-state index >= 15 is 0 Å². The van der Waals surface area contributed by atoms with Crippen LogP contribution in [-0.2, 0) is 0 Å². The molecule has 0 amide bonds. The second-order valence-electron chi connectivity index (χ2n) is 3.45. The van der Waals surface area contributed by atoms with Gasteiger partial charge < -0.3 is 10.6 Å². The molecule has 0 bridgehead atoms. The van der Waals surface area contributed by atoms with Crippen LogP contribution in [0.1, 0.15) is 6.42 Å². The topological polar surface area (TPSA) is 24.1 Å². The van der Waals surface area contributed by atoms with Crippen LogP contribution in [0.25, 0.3) is 0 Å². The standard InChI is InChI=1S/C11H13F3N2S2/c1-18-6-2-5-15-11(17)16-8-4-3-7(12)9(13)10(8)14/h3-4H,2,5-6H2,1H3,(H2,15,16,17). The molecule has 0 aromatic heterocycles. The van der Waals surface area contributed by atoms with Crippen LogP contribution < -0.4 is 10.6 Å². The highest BCUT2D eigenvalue weighted by Crippen LogP contribution is 2.19.